The second-order valence-electron chi connectivity index (χ2n) is 8.70. The van der Waals surface area contributed by atoms with Crippen molar-refractivity contribution in [1.29, 1.82) is 0 Å². The number of nitrogens with zero attached hydrogens (tertiary/aromatic N) is 2. The Morgan fingerprint density at radius 2 is 2.10 bits per heavy atom. The maximum Gasteiger partial charge on any atom is 0.262 e. The summed E-state index contributed by atoms with van der Waals surface area (Å²) in [6.45, 7) is 6.73. The van der Waals surface area contributed by atoms with Gasteiger partial charge < -0.3 is 5.32 Å². The molecule has 5 nitrogen and oxygen atoms in total. The SMILES string of the molecule is CC(C)(C)C1CCc2c(sc3ncn(CC(=O)Nc4ccccc4Cl)c(=O)c23)C1. The molecule has 2 heterocycles. The molecular formula is C22H24ClN3O2S. The highest BCUT2D eigenvalue weighted by Crippen LogP contribution is 2.41. The fraction of sp³-hybridized carbons (Fsp3) is 0.409. The first kappa shape index (κ1) is 20.1. The smallest absolute Gasteiger partial charge is 0.262 e. The second-order valence-corrected chi connectivity index (χ2v) is 10.2. The van der Waals surface area contributed by atoms with Crippen LogP contribution in [0.15, 0.2) is 35.4 Å². The molecule has 0 saturated heterocycles. The zero-order valence-electron chi connectivity index (χ0n) is 16.8. The number of carbonyl (C=O) groups excluding carboxylic acids is 1. The summed E-state index contributed by atoms with van der Waals surface area (Å²) in [5.41, 5.74) is 1.76. The molecule has 4 rings (SSSR count). The van der Waals surface area contributed by atoms with Crippen LogP contribution in [0, 0.1) is 11.3 Å². The largest absolute Gasteiger partial charge is 0.323 e. The number of fused-ring (bicyclic) bond motifs is 3. The summed E-state index contributed by atoms with van der Waals surface area (Å²) >= 11 is 7.72. The second kappa shape index (κ2) is 7.58. The number of hydrogen-bond donors (Lipinski definition) is 1. The monoisotopic (exact) mass is 429 g/mol. The lowest BCUT2D eigenvalue weighted by Crippen LogP contribution is -2.29. The van der Waals surface area contributed by atoms with Gasteiger partial charge in [-0.1, -0.05) is 44.5 Å². The number of halogens is 1. The number of nitrogens with one attached hydrogen (secondary N) is 1. The Bertz CT molecular complexity index is 1140. The Balaban J connectivity index is 1.61. The van der Waals surface area contributed by atoms with Gasteiger partial charge >= 0.3 is 0 Å². The molecule has 0 aliphatic heterocycles. The van der Waals surface area contributed by atoms with Crippen molar-refractivity contribution >= 4 is 44.7 Å². The average Bonchev–Trinajstić information content (AvgIpc) is 3.03. The fourth-order valence-electron chi connectivity index (χ4n) is 3.96. The summed E-state index contributed by atoms with van der Waals surface area (Å²) in [6.07, 6.45) is 4.43. The number of thiophene rings is 1. The summed E-state index contributed by atoms with van der Waals surface area (Å²) in [7, 11) is 0. The zero-order valence-corrected chi connectivity index (χ0v) is 18.4. The molecule has 3 aromatic rings. The predicted molar refractivity (Wildman–Crippen MR) is 119 cm³/mol. The molecule has 7 heteroatoms. The van der Waals surface area contributed by atoms with Gasteiger partial charge in [-0.05, 0) is 48.3 Å². The van der Waals surface area contributed by atoms with Crippen LogP contribution in [0.4, 0.5) is 5.69 Å². The number of anilines is 1. The molecule has 0 saturated carbocycles. The summed E-state index contributed by atoms with van der Waals surface area (Å²) in [5.74, 6) is 0.296. The molecule has 2 aromatic heterocycles. The quantitative estimate of drug-likeness (QED) is 0.643. The van der Waals surface area contributed by atoms with Crippen LogP contribution in [0.5, 0.6) is 0 Å². The van der Waals surface area contributed by atoms with Crippen LogP contribution in [-0.2, 0) is 24.2 Å². The lowest BCUT2D eigenvalue weighted by molar-refractivity contribution is -0.116. The van der Waals surface area contributed by atoms with Gasteiger partial charge in [-0.15, -0.1) is 11.3 Å². The molecule has 1 amide bonds. The number of hydrogen-bond acceptors (Lipinski definition) is 4. The first-order valence-electron chi connectivity index (χ1n) is 9.78. The molecule has 1 N–H and O–H groups in total. The van der Waals surface area contributed by atoms with Gasteiger partial charge in [-0.25, -0.2) is 4.98 Å². The minimum Gasteiger partial charge on any atom is -0.323 e. The van der Waals surface area contributed by atoms with E-state index in [1.165, 1.54) is 15.8 Å². The zero-order chi connectivity index (χ0) is 20.8. The number of rotatable bonds is 3. The van der Waals surface area contributed by atoms with Crippen molar-refractivity contribution in [2.24, 2.45) is 11.3 Å². The van der Waals surface area contributed by atoms with Crippen LogP contribution in [-0.4, -0.2) is 15.5 Å². The number of para-hydroxylation sites is 1. The first-order valence-corrected chi connectivity index (χ1v) is 11.0. The van der Waals surface area contributed by atoms with Crippen LogP contribution in [0.1, 0.15) is 37.6 Å². The third-order valence-electron chi connectivity index (χ3n) is 5.72. The maximum atomic E-state index is 13.1. The van der Waals surface area contributed by atoms with Crippen molar-refractivity contribution in [1.82, 2.24) is 9.55 Å². The van der Waals surface area contributed by atoms with Gasteiger partial charge in [0.05, 0.1) is 22.4 Å². The molecule has 0 bridgehead atoms. The molecule has 1 aliphatic rings. The molecular weight excluding hydrogens is 406 g/mol. The summed E-state index contributed by atoms with van der Waals surface area (Å²) in [6, 6.07) is 7.03. The molecule has 29 heavy (non-hydrogen) atoms. The molecule has 0 fully saturated rings. The standard InChI is InChI=1S/C22H24ClN3O2S/c1-22(2,3)13-8-9-14-17(10-13)29-20-19(14)21(28)26(12-24-20)11-18(27)25-16-7-5-4-6-15(16)23/h4-7,12-13H,8-11H2,1-3H3,(H,25,27). The van der Waals surface area contributed by atoms with E-state index >= 15 is 0 Å². The maximum absolute atomic E-state index is 13.1. The van der Waals surface area contributed by atoms with Gasteiger partial charge in [0, 0.05) is 4.88 Å². The van der Waals surface area contributed by atoms with Gasteiger partial charge in [-0.2, -0.15) is 0 Å². The van der Waals surface area contributed by atoms with E-state index in [0.29, 0.717) is 22.0 Å². The van der Waals surface area contributed by atoms with Crippen LogP contribution < -0.4 is 10.9 Å². The van der Waals surface area contributed by atoms with Crippen LogP contribution >= 0.6 is 22.9 Å². The van der Waals surface area contributed by atoms with Gasteiger partial charge in [-0.3, -0.25) is 14.2 Å². The highest BCUT2D eigenvalue weighted by Gasteiger charge is 2.31. The summed E-state index contributed by atoms with van der Waals surface area (Å²) < 4.78 is 1.39. The fourth-order valence-corrected chi connectivity index (χ4v) is 5.40. The van der Waals surface area contributed by atoms with Crippen molar-refractivity contribution in [3.8, 4) is 0 Å². The highest BCUT2D eigenvalue weighted by molar-refractivity contribution is 7.18. The molecule has 1 aromatic carbocycles. The van der Waals surface area contributed by atoms with Crippen LogP contribution in [0.2, 0.25) is 5.02 Å². The Hall–Kier alpha value is -2.18. The van der Waals surface area contributed by atoms with Crippen LogP contribution in [0.3, 0.4) is 0 Å². The minimum atomic E-state index is -0.307. The van der Waals surface area contributed by atoms with Crippen molar-refractivity contribution in [3.05, 3.63) is 56.4 Å². The number of aromatic nitrogens is 2. The van der Waals surface area contributed by atoms with E-state index in [9.17, 15) is 9.59 Å². The van der Waals surface area contributed by atoms with E-state index in [0.717, 1.165) is 29.7 Å². The Morgan fingerprint density at radius 3 is 2.83 bits per heavy atom. The van der Waals surface area contributed by atoms with E-state index in [2.05, 4.69) is 31.1 Å². The Kier molecular flexibility index (Phi) is 5.25. The van der Waals surface area contributed by atoms with E-state index < -0.39 is 0 Å². The Labute approximate surface area is 178 Å². The van der Waals surface area contributed by atoms with Crippen molar-refractivity contribution < 1.29 is 4.79 Å². The van der Waals surface area contributed by atoms with Crippen molar-refractivity contribution in [3.63, 3.8) is 0 Å². The highest BCUT2D eigenvalue weighted by atomic mass is 35.5. The number of carbonyl (C=O) groups is 1. The van der Waals surface area contributed by atoms with Gasteiger partial charge in [0.1, 0.15) is 11.4 Å². The lowest BCUT2D eigenvalue weighted by Gasteiger charge is -2.33. The molecule has 1 unspecified atom stereocenters. The van der Waals surface area contributed by atoms with Gasteiger partial charge in [0.15, 0.2) is 0 Å². The third-order valence-corrected chi connectivity index (χ3v) is 7.21. The van der Waals surface area contributed by atoms with E-state index in [1.54, 1.807) is 35.6 Å². The number of amides is 1. The van der Waals surface area contributed by atoms with E-state index in [1.807, 2.05) is 0 Å². The lowest BCUT2D eigenvalue weighted by atomic mass is 9.72. The minimum absolute atomic E-state index is 0.0950. The number of aryl methyl sites for hydroxylation is 1. The third kappa shape index (κ3) is 3.96. The van der Waals surface area contributed by atoms with Crippen molar-refractivity contribution in [2.75, 3.05) is 5.32 Å². The Morgan fingerprint density at radius 1 is 1.34 bits per heavy atom. The summed E-state index contributed by atoms with van der Waals surface area (Å²) in [4.78, 5) is 32.1. The van der Waals surface area contributed by atoms with E-state index in [4.69, 9.17) is 11.6 Å². The number of benzene rings is 1. The molecule has 0 radical (unpaired) electrons. The van der Waals surface area contributed by atoms with Gasteiger partial charge in [0.2, 0.25) is 5.91 Å². The molecule has 1 aliphatic carbocycles. The van der Waals surface area contributed by atoms with Gasteiger partial charge in [0.25, 0.3) is 5.56 Å². The van der Waals surface area contributed by atoms with Crippen LogP contribution in [0.25, 0.3) is 10.2 Å². The predicted octanol–water partition coefficient (Wildman–Crippen LogP) is 4.90. The average molecular weight is 430 g/mol. The first-order chi connectivity index (χ1) is 13.7. The molecule has 1 atom stereocenters. The molecule has 152 valence electrons. The topological polar surface area (TPSA) is 64.0 Å². The van der Waals surface area contributed by atoms with Crippen molar-refractivity contribution in [2.45, 2.75) is 46.6 Å². The van der Waals surface area contributed by atoms with E-state index in [-0.39, 0.29) is 23.4 Å². The molecule has 0 spiro atoms. The normalized spacial score (nSPS) is 16.6. The summed E-state index contributed by atoms with van der Waals surface area (Å²) in [5, 5.41) is 3.90.